The van der Waals surface area contributed by atoms with Gasteiger partial charge in [0.1, 0.15) is 5.69 Å². The fourth-order valence-corrected chi connectivity index (χ4v) is 0.621. The Bertz CT molecular complexity index is 220. The zero-order valence-corrected chi connectivity index (χ0v) is 7.72. The summed E-state index contributed by atoms with van der Waals surface area (Å²) >= 11 is 0. The molecule has 4 heteroatoms. The van der Waals surface area contributed by atoms with Crippen molar-refractivity contribution in [1.29, 1.82) is 0 Å². The monoisotopic (exact) mass is 169 g/mol. The summed E-state index contributed by atoms with van der Waals surface area (Å²) in [5.41, 5.74) is 1.48. The lowest BCUT2D eigenvalue weighted by molar-refractivity contribution is 0.111. The average molecular weight is 169 g/mol. The van der Waals surface area contributed by atoms with Crippen molar-refractivity contribution in [1.82, 2.24) is 15.5 Å². The van der Waals surface area contributed by atoms with E-state index in [0.29, 0.717) is 5.69 Å². The number of aromatic nitrogens is 2. The van der Waals surface area contributed by atoms with E-state index in [1.807, 2.05) is 21.0 Å². The third-order valence-corrected chi connectivity index (χ3v) is 1.15. The van der Waals surface area contributed by atoms with Gasteiger partial charge in [0.2, 0.25) is 0 Å². The lowest BCUT2D eigenvalue weighted by Crippen LogP contribution is -1.89. The van der Waals surface area contributed by atoms with Crippen LogP contribution in [-0.2, 0) is 6.42 Å². The van der Waals surface area contributed by atoms with Crippen molar-refractivity contribution >= 4 is 6.29 Å². The molecule has 4 nitrogen and oxygen atoms in total. The van der Waals surface area contributed by atoms with Crippen LogP contribution < -0.4 is 5.32 Å². The van der Waals surface area contributed by atoms with Crippen LogP contribution in [0.4, 0.5) is 0 Å². The molecule has 1 rings (SSSR count). The standard InChI is InChI=1S/C6H8N2O.C2H7N/c1-2-5-3-6(4-9)8-7-5;1-3-2/h3-4H,2H2,1H3,(H,7,8);3H,1-2H3. The first-order chi connectivity index (χ1) is 5.78. The second-order valence-corrected chi connectivity index (χ2v) is 2.29. The van der Waals surface area contributed by atoms with Crippen molar-refractivity contribution in [2.24, 2.45) is 0 Å². The highest BCUT2D eigenvalue weighted by Crippen LogP contribution is 1.95. The third kappa shape index (κ3) is 3.88. The Morgan fingerprint density at radius 1 is 1.67 bits per heavy atom. The number of hydrogen-bond donors (Lipinski definition) is 2. The number of nitrogens with zero attached hydrogens (tertiary/aromatic N) is 1. The summed E-state index contributed by atoms with van der Waals surface area (Å²) in [6.45, 7) is 2.00. The summed E-state index contributed by atoms with van der Waals surface area (Å²) in [6.07, 6.45) is 1.62. The second-order valence-electron chi connectivity index (χ2n) is 2.29. The Morgan fingerprint density at radius 3 is 2.50 bits per heavy atom. The summed E-state index contributed by atoms with van der Waals surface area (Å²) in [6, 6.07) is 1.74. The molecule has 0 saturated carbocycles. The van der Waals surface area contributed by atoms with Crippen LogP contribution in [0.5, 0.6) is 0 Å². The molecule has 0 atom stereocenters. The molecule has 0 bridgehead atoms. The van der Waals surface area contributed by atoms with E-state index in [0.717, 1.165) is 18.4 Å². The molecule has 2 N–H and O–H groups in total. The van der Waals surface area contributed by atoms with Gasteiger partial charge in [-0.1, -0.05) is 6.92 Å². The molecule has 0 radical (unpaired) electrons. The maximum Gasteiger partial charge on any atom is 0.170 e. The number of H-pyrrole nitrogens is 1. The summed E-state index contributed by atoms with van der Waals surface area (Å²) in [4.78, 5) is 10.1. The molecule has 0 aliphatic carbocycles. The van der Waals surface area contributed by atoms with Gasteiger partial charge in [-0.3, -0.25) is 9.89 Å². The largest absolute Gasteiger partial charge is 0.323 e. The van der Waals surface area contributed by atoms with E-state index in [9.17, 15) is 4.79 Å². The molecule has 0 fully saturated rings. The Balaban J connectivity index is 0.000000354. The molecule has 1 aromatic heterocycles. The Labute approximate surface area is 72.4 Å². The Hall–Kier alpha value is -1.16. The third-order valence-electron chi connectivity index (χ3n) is 1.15. The number of carbonyl (C=O) groups excluding carboxylic acids is 1. The zero-order valence-electron chi connectivity index (χ0n) is 7.72. The molecular formula is C8H15N3O. The minimum Gasteiger partial charge on any atom is -0.323 e. The smallest absolute Gasteiger partial charge is 0.170 e. The van der Waals surface area contributed by atoms with Gasteiger partial charge in [0.25, 0.3) is 0 Å². The van der Waals surface area contributed by atoms with Gasteiger partial charge in [-0.15, -0.1) is 0 Å². The highest BCUT2D eigenvalue weighted by molar-refractivity contribution is 5.71. The summed E-state index contributed by atoms with van der Waals surface area (Å²) in [5, 5.41) is 9.19. The first kappa shape index (κ1) is 10.8. The number of nitrogens with one attached hydrogen (secondary N) is 2. The van der Waals surface area contributed by atoms with E-state index in [-0.39, 0.29) is 0 Å². The summed E-state index contributed by atoms with van der Waals surface area (Å²) in [7, 11) is 3.75. The first-order valence-electron chi connectivity index (χ1n) is 3.86. The van der Waals surface area contributed by atoms with Crippen LogP contribution in [0.15, 0.2) is 6.07 Å². The van der Waals surface area contributed by atoms with Gasteiger partial charge in [-0.25, -0.2) is 0 Å². The van der Waals surface area contributed by atoms with Crippen molar-refractivity contribution in [3.05, 3.63) is 17.5 Å². The number of carbonyl (C=O) groups is 1. The van der Waals surface area contributed by atoms with Crippen molar-refractivity contribution in [3.8, 4) is 0 Å². The lowest BCUT2D eigenvalue weighted by atomic mass is 10.3. The number of aromatic amines is 1. The van der Waals surface area contributed by atoms with Gasteiger partial charge < -0.3 is 5.32 Å². The summed E-state index contributed by atoms with van der Waals surface area (Å²) < 4.78 is 0. The molecule has 0 saturated heterocycles. The molecular weight excluding hydrogens is 154 g/mol. The topological polar surface area (TPSA) is 57.8 Å². The predicted octanol–water partition coefficient (Wildman–Crippen LogP) is 0.620. The molecule has 0 spiro atoms. The number of aryl methyl sites for hydroxylation is 1. The van der Waals surface area contributed by atoms with Gasteiger partial charge in [0.15, 0.2) is 6.29 Å². The van der Waals surface area contributed by atoms with Crippen LogP contribution in [0, 0.1) is 0 Å². The van der Waals surface area contributed by atoms with Crippen molar-refractivity contribution in [2.45, 2.75) is 13.3 Å². The number of aldehydes is 1. The zero-order chi connectivity index (χ0) is 9.40. The normalized spacial score (nSPS) is 8.58. The molecule has 1 heterocycles. The lowest BCUT2D eigenvalue weighted by Gasteiger charge is -1.79. The molecule has 1 aromatic rings. The van der Waals surface area contributed by atoms with Crippen LogP contribution in [-0.4, -0.2) is 30.6 Å². The van der Waals surface area contributed by atoms with E-state index >= 15 is 0 Å². The van der Waals surface area contributed by atoms with Gasteiger partial charge in [0, 0.05) is 5.69 Å². The van der Waals surface area contributed by atoms with Crippen LogP contribution in [0.3, 0.4) is 0 Å². The molecule has 0 aliphatic heterocycles. The van der Waals surface area contributed by atoms with Crippen molar-refractivity contribution in [2.75, 3.05) is 14.1 Å². The maximum absolute atomic E-state index is 10.1. The van der Waals surface area contributed by atoms with E-state index in [1.165, 1.54) is 0 Å². The Kier molecular flexibility index (Phi) is 5.91. The average Bonchev–Trinajstić information content (AvgIpc) is 2.53. The molecule has 0 amide bonds. The number of hydrogen-bond acceptors (Lipinski definition) is 3. The highest BCUT2D eigenvalue weighted by atomic mass is 16.1. The van der Waals surface area contributed by atoms with Crippen LogP contribution >= 0.6 is 0 Å². The van der Waals surface area contributed by atoms with Gasteiger partial charge >= 0.3 is 0 Å². The van der Waals surface area contributed by atoms with Gasteiger partial charge in [0.05, 0.1) is 0 Å². The fraction of sp³-hybridized carbons (Fsp3) is 0.500. The SMILES string of the molecule is CCc1cc(C=O)n[nH]1.CNC. The maximum atomic E-state index is 10.1. The second kappa shape index (κ2) is 6.54. The van der Waals surface area contributed by atoms with Crippen molar-refractivity contribution in [3.63, 3.8) is 0 Å². The molecule has 68 valence electrons. The van der Waals surface area contributed by atoms with Crippen LogP contribution in [0.1, 0.15) is 23.1 Å². The van der Waals surface area contributed by atoms with E-state index in [1.54, 1.807) is 6.07 Å². The van der Waals surface area contributed by atoms with E-state index in [4.69, 9.17) is 0 Å². The minimum atomic E-state index is 0.479. The summed E-state index contributed by atoms with van der Waals surface area (Å²) in [5.74, 6) is 0. The first-order valence-corrected chi connectivity index (χ1v) is 3.86. The molecule has 0 aliphatic rings. The van der Waals surface area contributed by atoms with Gasteiger partial charge in [-0.05, 0) is 26.6 Å². The van der Waals surface area contributed by atoms with Crippen LogP contribution in [0.25, 0.3) is 0 Å². The number of rotatable bonds is 2. The molecule has 0 aromatic carbocycles. The quantitative estimate of drug-likeness (QED) is 0.638. The fourth-order valence-electron chi connectivity index (χ4n) is 0.621. The molecule has 12 heavy (non-hydrogen) atoms. The highest BCUT2D eigenvalue weighted by Gasteiger charge is 1.94. The van der Waals surface area contributed by atoms with E-state index < -0.39 is 0 Å². The van der Waals surface area contributed by atoms with Gasteiger partial charge in [-0.2, -0.15) is 5.10 Å². The minimum absolute atomic E-state index is 0.479. The molecule has 0 unspecified atom stereocenters. The predicted molar refractivity (Wildman–Crippen MR) is 48.3 cm³/mol. The Morgan fingerprint density at radius 2 is 2.25 bits per heavy atom. The van der Waals surface area contributed by atoms with Crippen LogP contribution in [0.2, 0.25) is 0 Å². The van der Waals surface area contributed by atoms with E-state index in [2.05, 4.69) is 15.5 Å². The van der Waals surface area contributed by atoms with Crippen molar-refractivity contribution < 1.29 is 4.79 Å².